The lowest BCUT2D eigenvalue weighted by Crippen LogP contribution is -2.65. The van der Waals surface area contributed by atoms with Gasteiger partial charge in [0, 0.05) is 39.3 Å². The first kappa shape index (κ1) is 20.6. The van der Waals surface area contributed by atoms with E-state index in [0.717, 1.165) is 30.6 Å². The van der Waals surface area contributed by atoms with Crippen molar-refractivity contribution >= 4 is 11.8 Å². The highest BCUT2D eigenvalue weighted by Crippen LogP contribution is 2.36. The van der Waals surface area contributed by atoms with Crippen molar-refractivity contribution in [3.63, 3.8) is 0 Å². The molecule has 2 heterocycles. The monoisotopic (exact) mass is 406 g/mol. The van der Waals surface area contributed by atoms with E-state index in [1.807, 2.05) is 53.4 Å². The van der Waals surface area contributed by atoms with Gasteiger partial charge in [0.2, 0.25) is 11.8 Å². The van der Waals surface area contributed by atoms with Crippen LogP contribution in [0.15, 0.2) is 60.7 Å². The number of nitrogens with zero attached hydrogens (tertiary/aromatic N) is 1. The Hall–Kier alpha value is -2.66. The second-order valence-corrected chi connectivity index (χ2v) is 8.65. The smallest absolute Gasteiger partial charge is 0.230 e. The van der Waals surface area contributed by atoms with Crippen LogP contribution in [-0.4, -0.2) is 43.0 Å². The zero-order valence-corrected chi connectivity index (χ0v) is 17.4. The normalized spacial score (nSPS) is 20.3. The van der Waals surface area contributed by atoms with Gasteiger partial charge in [-0.25, -0.2) is 0 Å². The third kappa shape index (κ3) is 4.90. The maximum Gasteiger partial charge on any atom is 0.230 e. The summed E-state index contributed by atoms with van der Waals surface area (Å²) >= 11 is 0. The summed E-state index contributed by atoms with van der Waals surface area (Å²) < 4.78 is 5.51. The van der Waals surface area contributed by atoms with Crippen LogP contribution in [0.3, 0.4) is 0 Å². The Morgan fingerprint density at radius 1 is 1.00 bits per heavy atom. The minimum atomic E-state index is -0.561. The second-order valence-electron chi connectivity index (χ2n) is 8.65. The summed E-state index contributed by atoms with van der Waals surface area (Å²) in [7, 11) is 0. The molecule has 5 nitrogen and oxygen atoms in total. The molecule has 2 aromatic carbocycles. The molecule has 0 radical (unpaired) electrons. The van der Waals surface area contributed by atoms with Crippen LogP contribution < -0.4 is 5.32 Å². The molecule has 0 bridgehead atoms. The number of carbonyl (C=O) groups excluding carboxylic acids is 2. The first-order valence-electron chi connectivity index (χ1n) is 10.9. The standard InChI is InChI=1S/C25H30N2O3/c28-23(14-22-12-7-13-30-17-22)27-18-25(19-27,15-20-8-3-1-4-9-20)24(29)26-16-21-10-5-2-6-11-21/h1-6,8-11,22H,7,12-19H2,(H,26,29). The maximum absolute atomic E-state index is 13.2. The number of ether oxygens (including phenoxy) is 1. The Labute approximate surface area is 178 Å². The molecule has 0 saturated carbocycles. The third-order valence-corrected chi connectivity index (χ3v) is 6.22. The Morgan fingerprint density at radius 3 is 2.30 bits per heavy atom. The first-order chi connectivity index (χ1) is 14.6. The molecule has 2 fully saturated rings. The quantitative estimate of drug-likeness (QED) is 0.768. The SMILES string of the molecule is O=C(CC1CCCOC1)N1CC(Cc2ccccc2)(C(=O)NCc2ccccc2)C1. The number of likely N-dealkylation sites (tertiary alicyclic amines) is 1. The summed E-state index contributed by atoms with van der Waals surface area (Å²) in [4.78, 5) is 27.8. The summed E-state index contributed by atoms with van der Waals surface area (Å²) in [6.45, 7) is 2.94. The van der Waals surface area contributed by atoms with Gasteiger partial charge < -0.3 is 15.0 Å². The summed E-state index contributed by atoms with van der Waals surface area (Å²) in [5.74, 6) is 0.479. The van der Waals surface area contributed by atoms with E-state index in [1.54, 1.807) is 0 Å². The van der Waals surface area contributed by atoms with Crippen LogP contribution in [0.5, 0.6) is 0 Å². The second kappa shape index (κ2) is 9.43. The molecule has 2 aromatic rings. The molecule has 2 aliphatic heterocycles. The Bertz CT molecular complexity index is 841. The van der Waals surface area contributed by atoms with Crippen molar-refractivity contribution in [2.75, 3.05) is 26.3 Å². The van der Waals surface area contributed by atoms with E-state index in [0.29, 0.717) is 45.0 Å². The van der Waals surface area contributed by atoms with Crippen molar-refractivity contribution in [1.82, 2.24) is 10.2 Å². The van der Waals surface area contributed by atoms with Crippen molar-refractivity contribution in [3.05, 3.63) is 71.8 Å². The molecule has 2 aliphatic rings. The molecule has 0 spiro atoms. The number of hydrogen-bond donors (Lipinski definition) is 1. The highest BCUT2D eigenvalue weighted by molar-refractivity contribution is 5.88. The first-order valence-corrected chi connectivity index (χ1v) is 10.9. The van der Waals surface area contributed by atoms with Crippen molar-refractivity contribution in [1.29, 1.82) is 0 Å². The molecule has 2 amide bonds. The van der Waals surface area contributed by atoms with Gasteiger partial charge in [-0.15, -0.1) is 0 Å². The van der Waals surface area contributed by atoms with Gasteiger partial charge in [-0.1, -0.05) is 60.7 Å². The molecule has 5 heteroatoms. The lowest BCUT2D eigenvalue weighted by molar-refractivity contribution is -0.155. The zero-order valence-electron chi connectivity index (χ0n) is 17.4. The number of benzene rings is 2. The van der Waals surface area contributed by atoms with Crippen LogP contribution in [0.1, 0.15) is 30.4 Å². The lowest BCUT2D eigenvalue weighted by atomic mass is 9.73. The van der Waals surface area contributed by atoms with Crippen LogP contribution in [0.4, 0.5) is 0 Å². The molecule has 1 atom stereocenters. The van der Waals surface area contributed by atoms with Gasteiger partial charge >= 0.3 is 0 Å². The fourth-order valence-corrected chi connectivity index (χ4v) is 4.49. The van der Waals surface area contributed by atoms with Gasteiger partial charge in [-0.3, -0.25) is 9.59 Å². The minimum Gasteiger partial charge on any atom is -0.381 e. The van der Waals surface area contributed by atoms with E-state index in [9.17, 15) is 9.59 Å². The molecule has 2 saturated heterocycles. The zero-order chi connectivity index (χ0) is 20.8. The summed E-state index contributed by atoms with van der Waals surface area (Å²) in [6, 6.07) is 20.0. The van der Waals surface area contributed by atoms with Gasteiger partial charge in [-0.05, 0) is 36.3 Å². The van der Waals surface area contributed by atoms with Crippen molar-refractivity contribution in [2.24, 2.45) is 11.3 Å². The summed E-state index contributed by atoms with van der Waals surface area (Å²) in [5.41, 5.74) is 1.64. The maximum atomic E-state index is 13.2. The molecule has 0 aliphatic carbocycles. The van der Waals surface area contributed by atoms with E-state index >= 15 is 0 Å². The summed E-state index contributed by atoms with van der Waals surface area (Å²) in [6.07, 6.45) is 3.24. The lowest BCUT2D eigenvalue weighted by Gasteiger charge is -2.49. The van der Waals surface area contributed by atoms with Crippen molar-refractivity contribution in [2.45, 2.75) is 32.2 Å². The van der Waals surface area contributed by atoms with E-state index in [4.69, 9.17) is 4.74 Å². The van der Waals surface area contributed by atoms with Crippen LogP contribution in [-0.2, 0) is 27.3 Å². The topological polar surface area (TPSA) is 58.6 Å². The van der Waals surface area contributed by atoms with Gasteiger partial charge in [0.05, 0.1) is 5.41 Å². The average molecular weight is 407 g/mol. The fraction of sp³-hybridized carbons (Fsp3) is 0.440. The average Bonchev–Trinajstić information content (AvgIpc) is 2.76. The number of hydrogen-bond acceptors (Lipinski definition) is 3. The number of carbonyl (C=O) groups is 2. The molecule has 1 unspecified atom stereocenters. The number of amides is 2. The number of nitrogens with one attached hydrogen (secondary N) is 1. The van der Waals surface area contributed by atoms with Gasteiger partial charge in [-0.2, -0.15) is 0 Å². The minimum absolute atomic E-state index is 0.0280. The van der Waals surface area contributed by atoms with Gasteiger partial charge in [0.25, 0.3) is 0 Å². The van der Waals surface area contributed by atoms with Crippen LogP contribution in [0, 0.1) is 11.3 Å². The molecule has 158 valence electrons. The van der Waals surface area contributed by atoms with Crippen molar-refractivity contribution in [3.8, 4) is 0 Å². The largest absolute Gasteiger partial charge is 0.381 e. The van der Waals surface area contributed by atoms with Crippen molar-refractivity contribution < 1.29 is 14.3 Å². The molecule has 30 heavy (non-hydrogen) atoms. The number of rotatable bonds is 7. The Morgan fingerprint density at radius 2 is 1.67 bits per heavy atom. The predicted octanol–water partition coefficient (Wildman–Crippen LogP) is 3.19. The predicted molar refractivity (Wildman–Crippen MR) is 116 cm³/mol. The van der Waals surface area contributed by atoms with Gasteiger partial charge in [0.1, 0.15) is 0 Å². The molecular formula is C25H30N2O3. The Kier molecular flexibility index (Phi) is 6.48. The van der Waals surface area contributed by atoms with Crippen LogP contribution in [0.2, 0.25) is 0 Å². The van der Waals surface area contributed by atoms with Gasteiger partial charge in [0.15, 0.2) is 0 Å². The molecule has 0 aromatic heterocycles. The molecular weight excluding hydrogens is 376 g/mol. The van der Waals surface area contributed by atoms with E-state index in [2.05, 4.69) is 17.4 Å². The highest BCUT2D eigenvalue weighted by atomic mass is 16.5. The third-order valence-electron chi connectivity index (χ3n) is 6.22. The highest BCUT2D eigenvalue weighted by Gasteiger charge is 2.50. The van der Waals surface area contributed by atoms with E-state index < -0.39 is 5.41 Å². The van der Waals surface area contributed by atoms with E-state index in [-0.39, 0.29) is 11.8 Å². The molecule has 1 N–H and O–H groups in total. The van der Waals surface area contributed by atoms with Crippen LogP contribution in [0.25, 0.3) is 0 Å². The Balaban J connectivity index is 1.40. The fourth-order valence-electron chi connectivity index (χ4n) is 4.49. The summed E-state index contributed by atoms with van der Waals surface area (Å²) in [5, 5.41) is 3.11. The van der Waals surface area contributed by atoms with E-state index in [1.165, 1.54) is 0 Å². The molecule has 4 rings (SSSR count). The van der Waals surface area contributed by atoms with Crippen LogP contribution >= 0.6 is 0 Å².